The number of carbonyl (C=O) groups excluding carboxylic acids is 2. The third kappa shape index (κ3) is 3.23. The fourth-order valence-corrected chi connectivity index (χ4v) is 3.85. The highest BCUT2D eigenvalue weighted by molar-refractivity contribution is 8.00. The first-order chi connectivity index (χ1) is 9.97. The Labute approximate surface area is 130 Å². The van der Waals surface area contributed by atoms with Gasteiger partial charge < -0.3 is 5.73 Å². The SMILES string of the molecule is CCC(CC)N1C(=O)CC(Sc2ccc(N)cc2C)C1=O. The highest BCUT2D eigenvalue weighted by Gasteiger charge is 2.41. The zero-order valence-corrected chi connectivity index (χ0v) is 13.6. The van der Waals surface area contributed by atoms with E-state index >= 15 is 0 Å². The summed E-state index contributed by atoms with van der Waals surface area (Å²) in [6.45, 7) is 6.00. The topological polar surface area (TPSA) is 63.4 Å². The Morgan fingerprint density at radius 3 is 2.57 bits per heavy atom. The van der Waals surface area contributed by atoms with Crippen molar-refractivity contribution in [3.8, 4) is 0 Å². The number of amides is 2. The number of rotatable bonds is 5. The van der Waals surface area contributed by atoms with E-state index in [0.717, 1.165) is 23.3 Å². The predicted octanol–water partition coefficient (Wildman–Crippen LogP) is 2.99. The van der Waals surface area contributed by atoms with Gasteiger partial charge in [-0.15, -0.1) is 11.8 Å². The summed E-state index contributed by atoms with van der Waals surface area (Å²) in [6, 6.07) is 5.67. The Morgan fingerprint density at radius 1 is 1.33 bits per heavy atom. The van der Waals surface area contributed by atoms with Gasteiger partial charge in [0.15, 0.2) is 0 Å². The van der Waals surface area contributed by atoms with E-state index in [2.05, 4.69) is 0 Å². The average Bonchev–Trinajstić information content (AvgIpc) is 2.71. The van der Waals surface area contributed by atoms with Gasteiger partial charge in [-0.05, 0) is 43.5 Å². The molecule has 1 fully saturated rings. The maximum Gasteiger partial charge on any atom is 0.243 e. The average molecular weight is 306 g/mol. The summed E-state index contributed by atoms with van der Waals surface area (Å²) in [5.41, 5.74) is 7.50. The molecule has 114 valence electrons. The lowest BCUT2D eigenvalue weighted by molar-refractivity contribution is -0.141. The number of likely N-dealkylation sites (tertiary alicyclic amines) is 1. The minimum absolute atomic E-state index is 0.0307. The van der Waals surface area contributed by atoms with E-state index in [1.165, 1.54) is 16.7 Å². The molecule has 1 aromatic carbocycles. The lowest BCUT2D eigenvalue weighted by atomic mass is 10.1. The molecular formula is C16H22N2O2S. The summed E-state index contributed by atoms with van der Waals surface area (Å²) >= 11 is 1.47. The second-order valence-electron chi connectivity index (χ2n) is 5.41. The van der Waals surface area contributed by atoms with Crippen LogP contribution in [0.1, 0.15) is 38.7 Å². The van der Waals surface area contributed by atoms with Gasteiger partial charge in [-0.2, -0.15) is 0 Å². The van der Waals surface area contributed by atoms with Crippen LogP contribution in [0.25, 0.3) is 0 Å². The number of nitrogens with two attached hydrogens (primary N) is 1. The molecule has 4 nitrogen and oxygen atoms in total. The number of anilines is 1. The van der Waals surface area contributed by atoms with Crippen molar-refractivity contribution in [2.45, 2.75) is 56.2 Å². The first-order valence-electron chi connectivity index (χ1n) is 7.36. The van der Waals surface area contributed by atoms with Crippen LogP contribution in [0.15, 0.2) is 23.1 Å². The molecule has 2 N–H and O–H groups in total. The number of thioether (sulfide) groups is 1. The molecule has 0 aromatic heterocycles. The summed E-state index contributed by atoms with van der Waals surface area (Å²) in [7, 11) is 0. The molecule has 0 saturated carbocycles. The summed E-state index contributed by atoms with van der Waals surface area (Å²) in [4.78, 5) is 27.2. The number of nitrogens with zero attached hydrogens (tertiary/aromatic N) is 1. The van der Waals surface area contributed by atoms with Crippen molar-refractivity contribution < 1.29 is 9.59 Å². The van der Waals surface area contributed by atoms with Gasteiger partial charge in [-0.1, -0.05) is 13.8 Å². The van der Waals surface area contributed by atoms with Crippen LogP contribution in [0.5, 0.6) is 0 Å². The standard InChI is InChI=1S/C16H22N2O2S/c1-4-12(5-2)18-15(19)9-14(16(18)20)21-13-7-6-11(17)8-10(13)3/h6-8,12,14H,4-5,9,17H2,1-3H3. The Morgan fingerprint density at radius 2 is 2.00 bits per heavy atom. The van der Waals surface area contributed by atoms with E-state index in [0.29, 0.717) is 12.1 Å². The summed E-state index contributed by atoms with van der Waals surface area (Å²) in [5.74, 6) is -0.0887. The number of carbonyl (C=O) groups is 2. The normalized spacial score (nSPS) is 18.9. The van der Waals surface area contributed by atoms with Gasteiger partial charge in [0.05, 0.1) is 5.25 Å². The monoisotopic (exact) mass is 306 g/mol. The van der Waals surface area contributed by atoms with Gasteiger partial charge in [0.2, 0.25) is 11.8 Å². The van der Waals surface area contributed by atoms with Crippen LogP contribution in [-0.4, -0.2) is 28.0 Å². The molecule has 1 atom stereocenters. The molecule has 0 spiro atoms. The maximum atomic E-state index is 12.5. The first-order valence-corrected chi connectivity index (χ1v) is 8.24. The lowest BCUT2D eigenvalue weighted by Crippen LogP contribution is -2.40. The third-order valence-corrected chi connectivity index (χ3v) is 5.28. The quantitative estimate of drug-likeness (QED) is 0.671. The summed E-state index contributed by atoms with van der Waals surface area (Å²) in [5, 5.41) is -0.305. The van der Waals surface area contributed by atoms with Crippen LogP contribution in [0, 0.1) is 6.92 Å². The number of hydrogen-bond donors (Lipinski definition) is 1. The molecule has 0 radical (unpaired) electrons. The zero-order valence-electron chi connectivity index (χ0n) is 12.8. The van der Waals surface area contributed by atoms with Crippen LogP contribution in [0.4, 0.5) is 5.69 Å². The second kappa shape index (κ2) is 6.52. The maximum absolute atomic E-state index is 12.5. The van der Waals surface area contributed by atoms with E-state index in [1.54, 1.807) is 0 Å². The molecule has 0 aliphatic carbocycles. The molecule has 5 heteroatoms. The van der Waals surface area contributed by atoms with E-state index in [1.807, 2.05) is 39.0 Å². The number of imide groups is 1. The number of hydrogen-bond acceptors (Lipinski definition) is 4. The molecule has 0 bridgehead atoms. The lowest BCUT2D eigenvalue weighted by Gasteiger charge is -2.24. The van der Waals surface area contributed by atoms with E-state index in [-0.39, 0.29) is 23.1 Å². The molecule has 1 saturated heterocycles. The smallest absolute Gasteiger partial charge is 0.243 e. The molecule has 1 aliphatic rings. The van der Waals surface area contributed by atoms with Crippen molar-refractivity contribution in [3.05, 3.63) is 23.8 Å². The largest absolute Gasteiger partial charge is 0.399 e. The Kier molecular flexibility index (Phi) is 4.93. The molecule has 2 rings (SSSR count). The first kappa shape index (κ1) is 15.9. The Hall–Kier alpha value is -1.49. The fraction of sp³-hybridized carbons (Fsp3) is 0.500. The van der Waals surface area contributed by atoms with Gasteiger partial charge in [0.25, 0.3) is 0 Å². The third-order valence-electron chi connectivity index (χ3n) is 3.92. The summed E-state index contributed by atoms with van der Waals surface area (Å²) < 4.78 is 0. The molecule has 1 unspecified atom stereocenters. The van der Waals surface area contributed by atoms with Crippen molar-refractivity contribution >= 4 is 29.3 Å². The molecule has 21 heavy (non-hydrogen) atoms. The van der Waals surface area contributed by atoms with Crippen molar-refractivity contribution in [2.75, 3.05) is 5.73 Å². The molecule has 1 aromatic rings. The van der Waals surface area contributed by atoms with Crippen LogP contribution in [0.2, 0.25) is 0 Å². The predicted molar refractivity (Wildman–Crippen MR) is 86.1 cm³/mol. The van der Waals surface area contributed by atoms with Crippen molar-refractivity contribution in [1.29, 1.82) is 0 Å². The summed E-state index contributed by atoms with van der Waals surface area (Å²) in [6.07, 6.45) is 1.92. The van der Waals surface area contributed by atoms with Gasteiger partial charge in [-0.25, -0.2) is 0 Å². The minimum atomic E-state index is -0.305. The minimum Gasteiger partial charge on any atom is -0.399 e. The molecule has 1 heterocycles. The van der Waals surface area contributed by atoms with E-state index < -0.39 is 0 Å². The van der Waals surface area contributed by atoms with Gasteiger partial charge in [-0.3, -0.25) is 14.5 Å². The Balaban J connectivity index is 2.15. The number of aryl methyl sites for hydroxylation is 1. The molecule has 2 amide bonds. The van der Waals surface area contributed by atoms with Gasteiger partial charge in [0, 0.05) is 23.0 Å². The second-order valence-corrected chi connectivity index (χ2v) is 6.65. The van der Waals surface area contributed by atoms with Crippen molar-refractivity contribution in [2.24, 2.45) is 0 Å². The number of nitrogen functional groups attached to an aromatic ring is 1. The van der Waals surface area contributed by atoms with Crippen LogP contribution < -0.4 is 5.73 Å². The van der Waals surface area contributed by atoms with E-state index in [9.17, 15) is 9.59 Å². The number of benzene rings is 1. The van der Waals surface area contributed by atoms with Crippen LogP contribution >= 0.6 is 11.8 Å². The zero-order chi connectivity index (χ0) is 15.6. The van der Waals surface area contributed by atoms with E-state index in [4.69, 9.17) is 5.73 Å². The Bertz CT molecular complexity index is 555. The van der Waals surface area contributed by atoms with Gasteiger partial charge in [0.1, 0.15) is 0 Å². The fourth-order valence-electron chi connectivity index (χ4n) is 2.71. The van der Waals surface area contributed by atoms with Crippen molar-refractivity contribution in [3.63, 3.8) is 0 Å². The van der Waals surface area contributed by atoms with Crippen LogP contribution in [0.3, 0.4) is 0 Å². The molecule has 1 aliphatic heterocycles. The highest BCUT2D eigenvalue weighted by Crippen LogP contribution is 2.35. The highest BCUT2D eigenvalue weighted by atomic mass is 32.2. The van der Waals surface area contributed by atoms with Crippen LogP contribution in [-0.2, 0) is 9.59 Å². The van der Waals surface area contributed by atoms with Gasteiger partial charge >= 0.3 is 0 Å². The molecular weight excluding hydrogens is 284 g/mol. The van der Waals surface area contributed by atoms with Crippen molar-refractivity contribution in [1.82, 2.24) is 4.90 Å².